The van der Waals surface area contributed by atoms with Crippen LogP contribution in [0, 0.1) is 5.82 Å². The molecule has 2 N–H and O–H groups in total. The first-order chi connectivity index (χ1) is 17.9. The molecule has 1 aliphatic heterocycles. The Balaban J connectivity index is 1.34. The molecule has 1 aromatic heterocycles. The first-order valence-electron chi connectivity index (χ1n) is 12.3. The summed E-state index contributed by atoms with van der Waals surface area (Å²) in [5.74, 6) is 0.316. The Kier molecular flexibility index (Phi) is 6.80. The molecular formula is C28H30FN5O3. The van der Waals surface area contributed by atoms with Gasteiger partial charge >= 0.3 is 0 Å². The molecule has 1 spiro atoms. The van der Waals surface area contributed by atoms with Gasteiger partial charge in [0.25, 0.3) is 5.91 Å². The van der Waals surface area contributed by atoms with E-state index in [9.17, 15) is 9.18 Å². The van der Waals surface area contributed by atoms with Gasteiger partial charge in [-0.15, -0.1) is 0 Å². The number of halogens is 1. The third kappa shape index (κ3) is 4.99. The Bertz CT molecular complexity index is 1320. The largest absolute Gasteiger partial charge is 0.491 e. The van der Waals surface area contributed by atoms with E-state index in [1.165, 1.54) is 5.56 Å². The zero-order valence-electron chi connectivity index (χ0n) is 21.0. The van der Waals surface area contributed by atoms with Gasteiger partial charge in [-0.3, -0.25) is 4.79 Å². The second kappa shape index (κ2) is 10.2. The number of rotatable bonds is 9. The minimum absolute atomic E-state index is 0.0145. The van der Waals surface area contributed by atoms with Crippen LogP contribution >= 0.6 is 0 Å². The number of fused-ring (bicyclic) bond motifs is 2. The maximum absolute atomic E-state index is 14.6. The number of hydrogen-bond donors (Lipinski definition) is 2. The van der Waals surface area contributed by atoms with Crippen molar-refractivity contribution in [3.05, 3.63) is 72.2 Å². The van der Waals surface area contributed by atoms with Crippen molar-refractivity contribution in [2.24, 2.45) is 0 Å². The summed E-state index contributed by atoms with van der Waals surface area (Å²) in [4.78, 5) is 23.1. The molecule has 192 valence electrons. The molecule has 2 heterocycles. The molecule has 2 aliphatic rings. The van der Waals surface area contributed by atoms with Gasteiger partial charge in [-0.2, -0.15) is 4.98 Å². The summed E-state index contributed by atoms with van der Waals surface area (Å²) in [7, 11) is 1.62. The van der Waals surface area contributed by atoms with Gasteiger partial charge in [0.05, 0.1) is 12.8 Å². The maximum atomic E-state index is 14.6. The van der Waals surface area contributed by atoms with Gasteiger partial charge in [-0.1, -0.05) is 19.1 Å². The van der Waals surface area contributed by atoms with Gasteiger partial charge in [-0.05, 0) is 61.7 Å². The summed E-state index contributed by atoms with van der Waals surface area (Å²) in [6.07, 6.45) is 4.39. The monoisotopic (exact) mass is 503 g/mol. The molecule has 0 bridgehead atoms. The molecule has 0 atom stereocenters. The molecule has 1 fully saturated rings. The van der Waals surface area contributed by atoms with Crippen LogP contribution in [0.3, 0.4) is 0 Å². The van der Waals surface area contributed by atoms with Gasteiger partial charge in [0, 0.05) is 41.7 Å². The van der Waals surface area contributed by atoms with E-state index < -0.39 is 5.82 Å². The first-order valence-corrected chi connectivity index (χ1v) is 12.3. The first kappa shape index (κ1) is 24.7. The molecule has 1 aliphatic carbocycles. The molecule has 2 aromatic carbocycles. The molecule has 9 heteroatoms. The fourth-order valence-corrected chi connectivity index (χ4v) is 4.85. The van der Waals surface area contributed by atoms with Gasteiger partial charge in [0.1, 0.15) is 12.4 Å². The molecule has 8 nitrogen and oxygen atoms in total. The summed E-state index contributed by atoms with van der Waals surface area (Å²) in [6.45, 7) is 7.19. The summed E-state index contributed by atoms with van der Waals surface area (Å²) in [6, 6.07) is 13.1. The van der Waals surface area contributed by atoms with Crippen LogP contribution in [-0.4, -0.2) is 42.7 Å². The van der Waals surface area contributed by atoms with Crippen LogP contribution in [0.25, 0.3) is 0 Å². The van der Waals surface area contributed by atoms with E-state index in [-0.39, 0.29) is 23.1 Å². The highest BCUT2D eigenvalue weighted by molar-refractivity contribution is 6.07. The minimum atomic E-state index is -0.585. The zero-order valence-corrected chi connectivity index (χ0v) is 21.0. The number of ether oxygens (including phenoxy) is 2. The van der Waals surface area contributed by atoms with Crippen molar-refractivity contribution in [3.63, 3.8) is 0 Å². The van der Waals surface area contributed by atoms with Crippen LogP contribution < -0.4 is 20.3 Å². The Morgan fingerprint density at radius 2 is 1.89 bits per heavy atom. The lowest BCUT2D eigenvalue weighted by Gasteiger charge is -2.39. The van der Waals surface area contributed by atoms with Crippen LogP contribution in [0.2, 0.25) is 0 Å². The molecule has 1 amide bonds. The number of carbonyl (C=O) groups is 1. The number of carbonyl (C=O) groups excluding carboxylic acids is 1. The van der Waals surface area contributed by atoms with Crippen LogP contribution in [0.15, 0.2) is 60.8 Å². The van der Waals surface area contributed by atoms with Crippen molar-refractivity contribution >= 4 is 34.7 Å². The number of aromatic nitrogens is 2. The van der Waals surface area contributed by atoms with E-state index in [2.05, 4.69) is 27.2 Å². The van der Waals surface area contributed by atoms with Crippen LogP contribution in [0.5, 0.6) is 5.75 Å². The highest BCUT2D eigenvalue weighted by atomic mass is 19.1. The van der Waals surface area contributed by atoms with Crippen LogP contribution in [0.1, 0.15) is 31.7 Å². The summed E-state index contributed by atoms with van der Waals surface area (Å²) >= 11 is 0. The van der Waals surface area contributed by atoms with Gasteiger partial charge in [-0.25, -0.2) is 9.37 Å². The lowest BCUT2D eigenvalue weighted by molar-refractivity contribution is -0.115. The van der Waals surface area contributed by atoms with Crippen LogP contribution in [0.4, 0.5) is 33.2 Å². The Morgan fingerprint density at radius 1 is 1.14 bits per heavy atom. The number of hydrogen-bond acceptors (Lipinski definition) is 7. The van der Waals surface area contributed by atoms with E-state index >= 15 is 0 Å². The number of methoxy groups -OCH3 is 1. The fraction of sp³-hybridized carbons (Fsp3) is 0.321. The Labute approximate surface area is 215 Å². The highest BCUT2D eigenvalue weighted by Gasteiger charge is 2.48. The molecule has 0 saturated heterocycles. The predicted molar refractivity (Wildman–Crippen MR) is 142 cm³/mol. The highest BCUT2D eigenvalue weighted by Crippen LogP contribution is 2.53. The topological polar surface area (TPSA) is 88.6 Å². The Hall–Kier alpha value is -3.98. The summed E-state index contributed by atoms with van der Waals surface area (Å²) < 4.78 is 25.2. The molecule has 5 rings (SSSR count). The fourth-order valence-electron chi connectivity index (χ4n) is 4.85. The molecule has 0 radical (unpaired) electrons. The average Bonchev–Trinajstić information content (AvgIpc) is 3.22. The third-order valence-electron chi connectivity index (χ3n) is 6.92. The lowest BCUT2D eigenvalue weighted by Crippen LogP contribution is -2.41. The van der Waals surface area contributed by atoms with Gasteiger partial charge < -0.3 is 25.0 Å². The van der Waals surface area contributed by atoms with Crippen molar-refractivity contribution in [2.45, 2.75) is 31.6 Å². The van der Waals surface area contributed by atoms with Crippen LogP contribution in [-0.2, 0) is 14.9 Å². The number of nitrogens with zero attached hydrogens (tertiary/aromatic N) is 3. The average molecular weight is 504 g/mol. The second-order valence-corrected chi connectivity index (χ2v) is 9.54. The van der Waals surface area contributed by atoms with E-state index in [0.717, 1.165) is 36.8 Å². The predicted octanol–water partition coefficient (Wildman–Crippen LogP) is 5.47. The normalized spacial score (nSPS) is 15.2. The molecule has 3 aromatic rings. The summed E-state index contributed by atoms with van der Waals surface area (Å²) in [5, 5.41) is 6.14. The minimum Gasteiger partial charge on any atom is -0.491 e. The van der Waals surface area contributed by atoms with Gasteiger partial charge in [0.15, 0.2) is 11.6 Å². The number of nitrogens with one attached hydrogen (secondary N) is 2. The van der Waals surface area contributed by atoms with E-state index in [4.69, 9.17) is 9.47 Å². The lowest BCUT2D eigenvalue weighted by atomic mass is 9.66. The third-order valence-corrected chi connectivity index (χ3v) is 6.92. The number of anilines is 5. The van der Waals surface area contributed by atoms with Crippen molar-refractivity contribution in [1.82, 2.24) is 9.97 Å². The maximum Gasteiger partial charge on any atom is 0.253 e. The van der Waals surface area contributed by atoms with E-state index in [1.807, 2.05) is 42.5 Å². The number of amides is 1. The standard InChI is InChI=1S/C28H30FN5O3/c1-18(2)26(35)34-17-28(11-4-12-28)22-10-7-20(15-24(22)34)31-25-23(29)16-30-27(33-25)32-19-5-8-21(9-6-19)37-14-13-36-3/h5-10,15-16H,1,4,11-14,17H2,2-3H3,(H2,30,31,32,33). The molecule has 0 unspecified atom stereocenters. The molecule has 1 saturated carbocycles. The van der Waals surface area contributed by atoms with Crippen molar-refractivity contribution < 1.29 is 18.7 Å². The van der Waals surface area contributed by atoms with Crippen molar-refractivity contribution in [1.29, 1.82) is 0 Å². The van der Waals surface area contributed by atoms with E-state index in [0.29, 0.717) is 36.8 Å². The quantitative estimate of drug-likeness (QED) is 0.296. The zero-order chi connectivity index (χ0) is 26.0. The second-order valence-electron chi connectivity index (χ2n) is 9.54. The number of benzene rings is 2. The van der Waals surface area contributed by atoms with E-state index in [1.54, 1.807) is 18.9 Å². The Morgan fingerprint density at radius 3 is 2.57 bits per heavy atom. The van der Waals surface area contributed by atoms with Crippen molar-refractivity contribution in [3.8, 4) is 5.75 Å². The SMILES string of the molecule is C=C(C)C(=O)N1CC2(CCC2)c2ccc(Nc3nc(Nc4ccc(OCCOC)cc4)ncc3F)cc21. The van der Waals surface area contributed by atoms with Gasteiger partial charge in [0.2, 0.25) is 5.95 Å². The summed E-state index contributed by atoms with van der Waals surface area (Å²) in [5.41, 5.74) is 3.88. The molecular weight excluding hydrogens is 473 g/mol. The van der Waals surface area contributed by atoms with Crippen molar-refractivity contribution in [2.75, 3.05) is 42.4 Å². The molecule has 37 heavy (non-hydrogen) atoms. The smallest absolute Gasteiger partial charge is 0.253 e.